The van der Waals surface area contributed by atoms with E-state index in [1.54, 1.807) is 6.08 Å². The molecule has 0 heterocycles. The molecule has 2 rings (SSSR count). The molecule has 0 N–H and O–H groups in total. The Bertz CT molecular complexity index is 614. The second-order valence-corrected chi connectivity index (χ2v) is 6.68. The highest BCUT2D eigenvalue weighted by molar-refractivity contribution is 8.13. The van der Waals surface area contributed by atoms with Gasteiger partial charge in [0.2, 0.25) is 5.82 Å². The van der Waals surface area contributed by atoms with Gasteiger partial charge in [-0.05, 0) is 37.5 Å². The average molecular weight is 309 g/mol. The van der Waals surface area contributed by atoms with Gasteiger partial charge in [0.05, 0.1) is 0 Å². The zero-order valence-corrected chi connectivity index (χ0v) is 11.3. The summed E-state index contributed by atoms with van der Waals surface area (Å²) in [4.78, 5) is -0.891. The number of ether oxygens (including phenoxy) is 1. The lowest BCUT2D eigenvalue weighted by Crippen LogP contribution is -2.17. The molecule has 104 valence electrons. The molecule has 1 aromatic rings. The number of halogens is 3. The largest absolute Gasteiger partial charge is 0.483 e. The average Bonchev–Trinajstić information content (AvgIpc) is 2.35. The Morgan fingerprint density at radius 1 is 1.26 bits per heavy atom. The van der Waals surface area contributed by atoms with Crippen LogP contribution in [0.15, 0.2) is 29.2 Å². The summed E-state index contributed by atoms with van der Waals surface area (Å²) in [5.41, 5.74) is 0. The molecule has 0 amide bonds. The molecule has 0 fully saturated rings. The fraction of sp³-hybridized carbons (Fsp3) is 0.333. The van der Waals surface area contributed by atoms with Gasteiger partial charge in [-0.15, -0.1) is 0 Å². The Hall–Kier alpha value is -1.14. The summed E-state index contributed by atoms with van der Waals surface area (Å²) in [6, 6.07) is 1.96. The van der Waals surface area contributed by atoms with E-state index in [0.717, 1.165) is 25.0 Å². The maximum absolute atomic E-state index is 13.7. The SMILES string of the molecule is O=S(=O)(Cl)c1ccc(OC2C=CCCC2)c(F)c1F. The summed E-state index contributed by atoms with van der Waals surface area (Å²) in [7, 11) is 0.675. The molecule has 7 heteroatoms. The Morgan fingerprint density at radius 2 is 2.00 bits per heavy atom. The molecule has 0 saturated heterocycles. The summed E-state index contributed by atoms with van der Waals surface area (Å²) in [6.45, 7) is 0. The lowest BCUT2D eigenvalue weighted by molar-refractivity contribution is 0.216. The lowest BCUT2D eigenvalue weighted by atomic mass is 10.1. The highest BCUT2D eigenvalue weighted by atomic mass is 35.7. The summed E-state index contributed by atoms with van der Waals surface area (Å²) >= 11 is 0. The van der Waals surface area contributed by atoms with Crippen LogP contribution in [0.5, 0.6) is 5.75 Å². The van der Waals surface area contributed by atoms with Crippen LogP contribution < -0.4 is 4.74 Å². The predicted molar refractivity (Wildman–Crippen MR) is 66.8 cm³/mol. The fourth-order valence-corrected chi connectivity index (χ4v) is 2.73. The molecule has 0 radical (unpaired) electrons. The van der Waals surface area contributed by atoms with Gasteiger partial charge in [0.1, 0.15) is 11.0 Å². The minimum atomic E-state index is -4.32. The molecular weight excluding hydrogens is 298 g/mol. The van der Waals surface area contributed by atoms with E-state index in [9.17, 15) is 17.2 Å². The fourth-order valence-electron chi connectivity index (χ4n) is 1.84. The molecule has 1 aromatic carbocycles. The van der Waals surface area contributed by atoms with E-state index in [2.05, 4.69) is 0 Å². The first-order valence-corrected chi connectivity index (χ1v) is 7.96. The van der Waals surface area contributed by atoms with Crippen molar-refractivity contribution < 1.29 is 21.9 Å². The highest BCUT2D eigenvalue weighted by Gasteiger charge is 2.23. The van der Waals surface area contributed by atoms with Crippen LogP contribution >= 0.6 is 10.7 Å². The van der Waals surface area contributed by atoms with E-state index in [-0.39, 0.29) is 11.9 Å². The zero-order chi connectivity index (χ0) is 14.0. The monoisotopic (exact) mass is 308 g/mol. The Kier molecular flexibility index (Phi) is 4.10. The van der Waals surface area contributed by atoms with Gasteiger partial charge in [0.15, 0.2) is 11.6 Å². The molecule has 0 bridgehead atoms. The normalized spacial score (nSPS) is 19.4. The molecule has 0 aliphatic heterocycles. The van der Waals surface area contributed by atoms with E-state index in [1.807, 2.05) is 6.08 Å². The molecular formula is C12H11ClF2O3S. The third-order valence-corrected chi connectivity index (χ3v) is 4.10. The van der Waals surface area contributed by atoms with Gasteiger partial charge in [-0.1, -0.05) is 6.08 Å². The standard InChI is InChI=1S/C12H11ClF2O3S/c13-19(16,17)10-7-6-9(11(14)12(10)15)18-8-4-2-1-3-5-8/h2,4,6-8H,1,3,5H2. The summed E-state index contributed by atoms with van der Waals surface area (Å²) in [6.07, 6.45) is 5.88. The molecule has 1 aliphatic rings. The van der Waals surface area contributed by atoms with Crippen LogP contribution in [-0.4, -0.2) is 14.5 Å². The van der Waals surface area contributed by atoms with Gasteiger partial charge in [-0.25, -0.2) is 12.8 Å². The van der Waals surface area contributed by atoms with Crippen molar-refractivity contribution in [2.75, 3.05) is 0 Å². The van der Waals surface area contributed by atoms with Gasteiger partial charge in [-0.2, -0.15) is 4.39 Å². The Labute approximate surface area is 114 Å². The number of benzene rings is 1. The molecule has 19 heavy (non-hydrogen) atoms. The first kappa shape index (κ1) is 14.3. The molecule has 1 unspecified atom stereocenters. The van der Waals surface area contributed by atoms with Crippen molar-refractivity contribution in [2.45, 2.75) is 30.3 Å². The molecule has 0 saturated carbocycles. The maximum Gasteiger partial charge on any atom is 0.264 e. The summed E-state index contributed by atoms with van der Waals surface area (Å²) in [5, 5.41) is 0. The number of allylic oxidation sites excluding steroid dienone is 1. The quantitative estimate of drug-likeness (QED) is 0.635. The van der Waals surface area contributed by atoms with Crippen molar-refractivity contribution in [3.05, 3.63) is 35.9 Å². The van der Waals surface area contributed by atoms with Crippen LogP contribution in [0.1, 0.15) is 19.3 Å². The Morgan fingerprint density at radius 3 is 2.58 bits per heavy atom. The number of hydrogen-bond acceptors (Lipinski definition) is 3. The predicted octanol–water partition coefficient (Wildman–Crippen LogP) is 3.38. The second kappa shape index (κ2) is 5.46. The first-order valence-electron chi connectivity index (χ1n) is 5.65. The highest BCUT2D eigenvalue weighted by Crippen LogP contribution is 2.29. The second-order valence-electron chi connectivity index (χ2n) is 4.14. The van der Waals surface area contributed by atoms with Crippen LogP contribution in [-0.2, 0) is 9.05 Å². The van der Waals surface area contributed by atoms with Crippen molar-refractivity contribution in [3.63, 3.8) is 0 Å². The molecule has 1 aliphatic carbocycles. The van der Waals surface area contributed by atoms with Gasteiger partial charge < -0.3 is 4.74 Å². The van der Waals surface area contributed by atoms with Gasteiger partial charge in [-0.3, -0.25) is 0 Å². The van der Waals surface area contributed by atoms with Crippen LogP contribution in [0.2, 0.25) is 0 Å². The van der Waals surface area contributed by atoms with Gasteiger partial charge in [0.25, 0.3) is 9.05 Å². The van der Waals surface area contributed by atoms with E-state index in [0.29, 0.717) is 6.42 Å². The number of hydrogen-bond donors (Lipinski definition) is 0. The van der Waals surface area contributed by atoms with Crippen molar-refractivity contribution in [1.29, 1.82) is 0 Å². The van der Waals surface area contributed by atoms with E-state index < -0.39 is 25.6 Å². The van der Waals surface area contributed by atoms with Crippen LogP contribution in [0, 0.1) is 11.6 Å². The third-order valence-electron chi connectivity index (χ3n) is 2.76. The maximum atomic E-state index is 13.7. The minimum Gasteiger partial charge on any atom is -0.483 e. The van der Waals surface area contributed by atoms with Gasteiger partial charge >= 0.3 is 0 Å². The van der Waals surface area contributed by atoms with E-state index in [1.165, 1.54) is 0 Å². The minimum absolute atomic E-state index is 0.321. The van der Waals surface area contributed by atoms with E-state index in [4.69, 9.17) is 15.4 Å². The van der Waals surface area contributed by atoms with Crippen molar-refractivity contribution >= 4 is 19.7 Å². The summed E-state index contributed by atoms with van der Waals surface area (Å²) in [5.74, 6) is -3.19. The molecule has 0 aromatic heterocycles. The topological polar surface area (TPSA) is 43.4 Å². The van der Waals surface area contributed by atoms with Crippen molar-refractivity contribution in [2.24, 2.45) is 0 Å². The van der Waals surface area contributed by atoms with E-state index >= 15 is 0 Å². The molecule has 0 spiro atoms. The van der Waals surface area contributed by atoms with Crippen molar-refractivity contribution in [3.8, 4) is 5.75 Å². The molecule has 1 atom stereocenters. The zero-order valence-electron chi connectivity index (χ0n) is 9.77. The first-order chi connectivity index (χ1) is 8.89. The smallest absolute Gasteiger partial charge is 0.264 e. The van der Waals surface area contributed by atoms with Crippen LogP contribution in [0.3, 0.4) is 0 Å². The van der Waals surface area contributed by atoms with Crippen molar-refractivity contribution in [1.82, 2.24) is 0 Å². The summed E-state index contributed by atoms with van der Waals surface area (Å²) < 4.78 is 54.6. The van der Waals surface area contributed by atoms with Crippen LogP contribution in [0.25, 0.3) is 0 Å². The van der Waals surface area contributed by atoms with Gasteiger partial charge in [0, 0.05) is 10.7 Å². The number of rotatable bonds is 3. The Balaban J connectivity index is 2.31. The molecule has 3 nitrogen and oxygen atoms in total. The van der Waals surface area contributed by atoms with Crippen LogP contribution in [0.4, 0.5) is 8.78 Å². The lowest BCUT2D eigenvalue weighted by Gasteiger charge is -2.19. The third kappa shape index (κ3) is 3.25.